The average molecular weight is 263 g/mol. The zero-order valence-electron chi connectivity index (χ0n) is 9.97. The number of rotatable bonds is 3. The molecule has 0 aliphatic heterocycles. The van der Waals surface area contributed by atoms with Gasteiger partial charge in [0.05, 0.1) is 10.6 Å². The minimum absolute atomic E-state index is 0.275. The average Bonchev–Trinajstić information content (AvgIpc) is 2.40. The van der Waals surface area contributed by atoms with Gasteiger partial charge in [-0.25, -0.2) is 5.43 Å². The van der Waals surface area contributed by atoms with Gasteiger partial charge in [-0.2, -0.15) is 5.10 Å². The van der Waals surface area contributed by atoms with E-state index in [0.29, 0.717) is 16.5 Å². The lowest BCUT2D eigenvalue weighted by Gasteiger charge is -2.11. The number of benzene rings is 1. The number of hydrogen-bond donors (Lipinski definition) is 1. The van der Waals surface area contributed by atoms with Crippen LogP contribution in [-0.4, -0.2) is 12.1 Å². The van der Waals surface area contributed by atoms with Crippen LogP contribution in [-0.2, 0) is 0 Å². The summed E-state index contributed by atoms with van der Waals surface area (Å²) in [5.74, 6) is 0.143. The lowest BCUT2D eigenvalue weighted by atomic mass is 9.96. The highest BCUT2D eigenvalue weighted by Crippen LogP contribution is 2.16. The number of hydrazone groups is 1. The second-order valence-electron chi connectivity index (χ2n) is 4.24. The standard InChI is InChI=1S/C14H15ClN2O/c15-13-9-5-4-8-12(13)14(18)17-16-10-11-6-2-1-3-7-11/h1-2,4-5,8-11H,3,6-7H2,(H,17,18). The molecule has 1 N–H and O–H groups in total. The summed E-state index contributed by atoms with van der Waals surface area (Å²) in [5.41, 5.74) is 2.95. The molecule has 18 heavy (non-hydrogen) atoms. The van der Waals surface area contributed by atoms with E-state index in [-0.39, 0.29) is 5.91 Å². The summed E-state index contributed by atoms with van der Waals surface area (Å²) in [5, 5.41) is 4.43. The quantitative estimate of drug-likeness (QED) is 0.506. The first kappa shape index (κ1) is 12.8. The molecule has 0 bridgehead atoms. The lowest BCUT2D eigenvalue weighted by molar-refractivity contribution is 0.0955. The second kappa shape index (κ2) is 6.36. The first-order valence-electron chi connectivity index (χ1n) is 6.00. The molecule has 4 heteroatoms. The van der Waals surface area contributed by atoms with Crippen LogP contribution in [0.3, 0.4) is 0 Å². The summed E-state index contributed by atoms with van der Waals surface area (Å²) in [6.07, 6.45) is 9.28. The molecule has 1 atom stereocenters. The molecule has 94 valence electrons. The molecule has 1 aromatic rings. The van der Waals surface area contributed by atoms with Crippen LogP contribution >= 0.6 is 11.6 Å². The number of carbonyl (C=O) groups is 1. The van der Waals surface area contributed by atoms with Gasteiger partial charge in [0, 0.05) is 6.21 Å². The van der Waals surface area contributed by atoms with Crippen LogP contribution in [0.1, 0.15) is 29.6 Å². The van der Waals surface area contributed by atoms with Gasteiger partial charge in [-0.15, -0.1) is 0 Å². The molecule has 1 amide bonds. The van der Waals surface area contributed by atoms with E-state index in [1.807, 2.05) is 0 Å². The predicted octanol–water partition coefficient (Wildman–Crippen LogP) is 3.41. The third kappa shape index (κ3) is 3.44. The molecule has 0 saturated carbocycles. The highest BCUT2D eigenvalue weighted by molar-refractivity contribution is 6.33. The Morgan fingerprint density at radius 1 is 1.39 bits per heavy atom. The van der Waals surface area contributed by atoms with Crippen LogP contribution < -0.4 is 5.43 Å². The SMILES string of the molecule is O=C(NN=CC1CC=CCC1)c1ccccc1Cl. The van der Waals surface area contributed by atoms with Crippen LogP contribution in [0.5, 0.6) is 0 Å². The van der Waals surface area contributed by atoms with Crippen molar-refractivity contribution in [3.05, 3.63) is 47.0 Å². The number of halogens is 1. The van der Waals surface area contributed by atoms with Crippen LogP contribution in [0, 0.1) is 5.92 Å². The van der Waals surface area contributed by atoms with E-state index < -0.39 is 0 Å². The second-order valence-corrected chi connectivity index (χ2v) is 4.65. The Bertz CT molecular complexity index is 482. The summed E-state index contributed by atoms with van der Waals surface area (Å²) in [4.78, 5) is 11.8. The Morgan fingerprint density at radius 2 is 2.22 bits per heavy atom. The molecule has 0 saturated heterocycles. The van der Waals surface area contributed by atoms with Crippen molar-refractivity contribution in [1.29, 1.82) is 0 Å². The molecule has 2 rings (SSSR count). The monoisotopic (exact) mass is 262 g/mol. The lowest BCUT2D eigenvalue weighted by Crippen LogP contribution is -2.19. The van der Waals surface area contributed by atoms with E-state index >= 15 is 0 Å². The van der Waals surface area contributed by atoms with E-state index in [4.69, 9.17) is 11.6 Å². The third-order valence-electron chi connectivity index (χ3n) is 2.88. The van der Waals surface area contributed by atoms with Gasteiger partial charge in [0.25, 0.3) is 5.91 Å². The topological polar surface area (TPSA) is 41.5 Å². The Hall–Kier alpha value is -1.61. The molecular weight excluding hydrogens is 248 g/mol. The van der Waals surface area contributed by atoms with Gasteiger partial charge in [-0.05, 0) is 37.3 Å². The van der Waals surface area contributed by atoms with Gasteiger partial charge in [0.1, 0.15) is 0 Å². The molecule has 0 heterocycles. The van der Waals surface area contributed by atoms with E-state index in [9.17, 15) is 4.79 Å². The van der Waals surface area contributed by atoms with Crippen LogP contribution in [0.25, 0.3) is 0 Å². The predicted molar refractivity (Wildman–Crippen MR) is 73.9 cm³/mol. The minimum Gasteiger partial charge on any atom is -0.267 e. The summed E-state index contributed by atoms with van der Waals surface area (Å²) >= 11 is 5.92. The fourth-order valence-electron chi connectivity index (χ4n) is 1.86. The van der Waals surface area contributed by atoms with Crippen molar-refractivity contribution in [1.82, 2.24) is 5.43 Å². The molecule has 1 aliphatic carbocycles. The summed E-state index contributed by atoms with van der Waals surface area (Å²) in [6, 6.07) is 6.93. The number of carbonyl (C=O) groups excluding carboxylic acids is 1. The van der Waals surface area contributed by atoms with Crippen molar-refractivity contribution in [2.45, 2.75) is 19.3 Å². The first-order chi connectivity index (χ1) is 8.77. The van der Waals surface area contributed by atoms with Gasteiger partial charge in [-0.1, -0.05) is 35.9 Å². The molecule has 0 radical (unpaired) electrons. The van der Waals surface area contributed by atoms with Crippen LogP contribution in [0.2, 0.25) is 5.02 Å². The molecule has 0 aromatic heterocycles. The van der Waals surface area contributed by atoms with Crippen molar-refractivity contribution >= 4 is 23.7 Å². The van der Waals surface area contributed by atoms with Gasteiger partial charge in [0.2, 0.25) is 0 Å². The van der Waals surface area contributed by atoms with E-state index in [1.165, 1.54) is 0 Å². The van der Waals surface area contributed by atoms with Gasteiger partial charge in [0.15, 0.2) is 0 Å². The van der Waals surface area contributed by atoms with E-state index in [2.05, 4.69) is 22.7 Å². The van der Waals surface area contributed by atoms with Crippen LogP contribution in [0.4, 0.5) is 0 Å². The zero-order valence-corrected chi connectivity index (χ0v) is 10.7. The maximum absolute atomic E-state index is 11.8. The molecule has 0 fully saturated rings. The van der Waals surface area contributed by atoms with Crippen molar-refractivity contribution in [3.63, 3.8) is 0 Å². The van der Waals surface area contributed by atoms with E-state index in [1.54, 1.807) is 30.5 Å². The Morgan fingerprint density at radius 3 is 2.94 bits per heavy atom. The van der Waals surface area contributed by atoms with Gasteiger partial charge < -0.3 is 0 Å². The Kier molecular flexibility index (Phi) is 4.53. The molecule has 1 unspecified atom stereocenters. The number of nitrogens with zero attached hydrogens (tertiary/aromatic N) is 1. The zero-order chi connectivity index (χ0) is 12.8. The highest BCUT2D eigenvalue weighted by atomic mass is 35.5. The summed E-state index contributed by atoms with van der Waals surface area (Å²) in [6.45, 7) is 0. The van der Waals surface area contributed by atoms with E-state index in [0.717, 1.165) is 19.3 Å². The third-order valence-corrected chi connectivity index (χ3v) is 3.21. The van der Waals surface area contributed by atoms with Crippen molar-refractivity contribution in [3.8, 4) is 0 Å². The molecule has 0 spiro atoms. The summed E-state index contributed by atoms with van der Waals surface area (Å²) in [7, 11) is 0. The Balaban J connectivity index is 1.90. The number of nitrogens with one attached hydrogen (secondary N) is 1. The molecule has 1 aliphatic rings. The fraction of sp³-hybridized carbons (Fsp3) is 0.286. The first-order valence-corrected chi connectivity index (χ1v) is 6.38. The van der Waals surface area contributed by atoms with Crippen molar-refractivity contribution in [2.24, 2.45) is 11.0 Å². The van der Waals surface area contributed by atoms with Crippen molar-refractivity contribution in [2.75, 3.05) is 0 Å². The normalized spacial score (nSPS) is 19.1. The Labute approximate surface area is 112 Å². The molecule has 1 aromatic carbocycles. The molecule has 3 nitrogen and oxygen atoms in total. The fourth-order valence-corrected chi connectivity index (χ4v) is 2.08. The smallest absolute Gasteiger partial charge is 0.267 e. The maximum atomic E-state index is 11.8. The maximum Gasteiger partial charge on any atom is 0.272 e. The number of allylic oxidation sites excluding steroid dienone is 2. The highest BCUT2D eigenvalue weighted by Gasteiger charge is 2.09. The number of amides is 1. The van der Waals surface area contributed by atoms with Crippen LogP contribution in [0.15, 0.2) is 41.5 Å². The number of hydrogen-bond acceptors (Lipinski definition) is 2. The van der Waals surface area contributed by atoms with Gasteiger partial charge >= 0.3 is 0 Å². The van der Waals surface area contributed by atoms with Gasteiger partial charge in [-0.3, -0.25) is 4.79 Å². The van der Waals surface area contributed by atoms with Crippen molar-refractivity contribution < 1.29 is 4.79 Å². The minimum atomic E-state index is -0.275. The largest absolute Gasteiger partial charge is 0.272 e. The summed E-state index contributed by atoms with van der Waals surface area (Å²) < 4.78 is 0. The molecular formula is C14H15ClN2O.